The average molecular weight is 267 g/mol. The van der Waals surface area contributed by atoms with E-state index in [1.54, 1.807) is 6.20 Å². The minimum absolute atomic E-state index is 0.324. The topological polar surface area (TPSA) is 43.8 Å². The van der Waals surface area contributed by atoms with Crippen molar-refractivity contribution >= 4 is 28.0 Å². The first-order valence-corrected chi connectivity index (χ1v) is 6.44. The Labute approximate surface area is 116 Å². The molecule has 3 rings (SSSR count). The molecule has 0 aliphatic carbocycles. The van der Waals surface area contributed by atoms with Crippen LogP contribution in [0.5, 0.6) is 0 Å². The Bertz CT molecular complexity index is 740. The lowest BCUT2D eigenvalue weighted by atomic mass is 10.0. The van der Waals surface area contributed by atoms with E-state index in [4.69, 9.17) is 18.0 Å². The summed E-state index contributed by atoms with van der Waals surface area (Å²) in [6.07, 6.45) is 3.62. The van der Waals surface area contributed by atoms with Gasteiger partial charge in [0.15, 0.2) is 5.82 Å². The van der Waals surface area contributed by atoms with Crippen molar-refractivity contribution < 1.29 is 0 Å². The molecule has 1 heterocycles. The van der Waals surface area contributed by atoms with Crippen molar-refractivity contribution in [1.82, 2.24) is 9.55 Å². The summed E-state index contributed by atoms with van der Waals surface area (Å²) in [5.41, 5.74) is 6.90. The highest BCUT2D eigenvalue weighted by Gasteiger charge is 2.07. The second kappa shape index (κ2) is 4.82. The molecule has 0 bridgehead atoms. The Morgan fingerprint density at radius 2 is 1.95 bits per heavy atom. The van der Waals surface area contributed by atoms with E-state index in [1.807, 2.05) is 22.9 Å². The molecule has 0 radical (unpaired) electrons. The van der Waals surface area contributed by atoms with Gasteiger partial charge in [-0.15, -0.1) is 0 Å². The molecule has 0 aliphatic heterocycles. The maximum atomic E-state index is 5.67. The molecule has 94 valence electrons. The van der Waals surface area contributed by atoms with Gasteiger partial charge in [-0.25, -0.2) is 4.98 Å². The number of hydrogen-bond acceptors (Lipinski definition) is 2. The van der Waals surface area contributed by atoms with Crippen molar-refractivity contribution in [2.45, 2.75) is 6.54 Å². The number of imidazole rings is 1. The number of rotatable bonds is 3. The van der Waals surface area contributed by atoms with Crippen LogP contribution < -0.4 is 5.73 Å². The summed E-state index contributed by atoms with van der Waals surface area (Å²) in [7, 11) is 0. The molecule has 19 heavy (non-hydrogen) atoms. The number of benzene rings is 2. The number of nitrogens with zero attached hydrogens (tertiary/aromatic N) is 2. The molecule has 0 unspecified atom stereocenters. The van der Waals surface area contributed by atoms with Gasteiger partial charge in [0, 0.05) is 18.9 Å². The normalized spacial score (nSPS) is 10.7. The van der Waals surface area contributed by atoms with Gasteiger partial charge in [0.2, 0.25) is 0 Å². The van der Waals surface area contributed by atoms with Crippen LogP contribution in [0, 0.1) is 0 Å². The molecule has 3 aromatic rings. The summed E-state index contributed by atoms with van der Waals surface area (Å²) in [6.45, 7) is 0.716. The second-order valence-electron chi connectivity index (χ2n) is 4.38. The summed E-state index contributed by atoms with van der Waals surface area (Å²) in [5.74, 6) is 0.655. The number of nitrogens with two attached hydrogens (primary N) is 1. The van der Waals surface area contributed by atoms with Crippen LogP contribution in [0.4, 0.5) is 0 Å². The van der Waals surface area contributed by atoms with Crippen LogP contribution in [0.25, 0.3) is 10.8 Å². The van der Waals surface area contributed by atoms with Gasteiger partial charge in [-0.1, -0.05) is 54.7 Å². The minimum Gasteiger partial charge on any atom is -0.387 e. The van der Waals surface area contributed by atoms with Crippen molar-refractivity contribution in [1.29, 1.82) is 0 Å². The standard InChI is InChI=1S/C15H13N3S/c16-14(19)15-17-8-9-18(15)10-12-6-3-5-11-4-1-2-7-13(11)12/h1-9H,10H2,(H2,16,19). The molecular weight excluding hydrogens is 254 g/mol. The summed E-state index contributed by atoms with van der Waals surface area (Å²) in [6, 6.07) is 14.6. The van der Waals surface area contributed by atoms with Crippen molar-refractivity contribution in [2.24, 2.45) is 5.73 Å². The third kappa shape index (κ3) is 2.22. The third-order valence-electron chi connectivity index (χ3n) is 3.16. The lowest BCUT2D eigenvalue weighted by Crippen LogP contribution is -2.17. The Morgan fingerprint density at radius 1 is 1.16 bits per heavy atom. The Hall–Kier alpha value is -2.20. The molecule has 3 nitrogen and oxygen atoms in total. The maximum absolute atomic E-state index is 5.67. The number of aromatic nitrogens is 2. The second-order valence-corrected chi connectivity index (χ2v) is 4.82. The Balaban J connectivity index is 2.06. The first kappa shape index (κ1) is 11.9. The fraction of sp³-hybridized carbons (Fsp3) is 0.0667. The van der Waals surface area contributed by atoms with Crippen molar-refractivity contribution in [3.8, 4) is 0 Å². The summed E-state index contributed by atoms with van der Waals surface area (Å²) >= 11 is 5.01. The van der Waals surface area contributed by atoms with Crippen LogP contribution in [0.3, 0.4) is 0 Å². The van der Waals surface area contributed by atoms with Crippen LogP contribution in [0.15, 0.2) is 54.9 Å². The smallest absolute Gasteiger partial charge is 0.167 e. The molecule has 0 amide bonds. The zero-order valence-electron chi connectivity index (χ0n) is 10.3. The van der Waals surface area contributed by atoms with E-state index in [0.717, 1.165) is 0 Å². The van der Waals surface area contributed by atoms with Gasteiger partial charge >= 0.3 is 0 Å². The van der Waals surface area contributed by atoms with Gasteiger partial charge in [-0.05, 0) is 16.3 Å². The van der Waals surface area contributed by atoms with E-state index >= 15 is 0 Å². The van der Waals surface area contributed by atoms with Crippen LogP contribution >= 0.6 is 12.2 Å². The summed E-state index contributed by atoms with van der Waals surface area (Å²) in [5, 5.41) is 2.48. The average Bonchev–Trinajstić information content (AvgIpc) is 2.87. The van der Waals surface area contributed by atoms with Crippen molar-refractivity contribution in [3.05, 3.63) is 66.2 Å². The molecule has 4 heteroatoms. The van der Waals surface area contributed by atoms with Crippen molar-refractivity contribution in [3.63, 3.8) is 0 Å². The fourth-order valence-electron chi connectivity index (χ4n) is 2.28. The van der Waals surface area contributed by atoms with Crippen LogP contribution in [-0.2, 0) is 6.54 Å². The van der Waals surface area contributed by atoms with E-state index < -0.39 is 0 Å². The number of fused-ring (bicyclic) bond motifs is 1. The quantitative estimate of drug-likeness (QED) is 0.742. The van der Waals surface area contributed by atoms with Gasteiger partial charge in [-0.3, -0.25) is 0 Å². The predicted molar refractivity (Wildman–Crippen MR) is 81.2 cm³/mol. The van der Waals surface area contributed by atoms with Gasteiger partial charge in [-0.2, -0.15) is 0 Å². The molecule has 2 N–H and O–H groups in total. The minimum atomic E-state index is 0.324. The van der Waals surface area contributed by atoms with Crippen LogP contribution in [0.2, 0.25) is 0 Å². The fourth-order valence-corrected chi connectivity index (χ4v) is 2.45. The largest absolute Gasteiger partial charge is 0.387 e. The van der Waals surface area contributed by atoms with Gasteiger partial charge in [0.25, 0.3) is 0 Å². The summed E-state index contributed by atoms with van der Waals surface area (Å²) in [4.78, 5) is 4.51. The molecule has 2 aromatic carbocycles. The maximum Gasteiger partial charge on any atom is 0.167 e. The molecular formula is C15H13N3S. The first-order chi connectivity index (χ1) is 9.25. The molecule has 1 aromatic heterocycles. The highest BCUT2D eigenvalue weighted by atomic mass is 32.1. The lowest BCUT2D eigenvalue weighted by molar-refractivity contribution is 0.793. The molecule has 0 saturated heterocycles. The first-order valence-electron chi connectivity index (χ1n) is 6.03. The monoisotopic (exact) mass is 267 g/mol. The molecule has 0 aliphatic rings. The number of hydrogen-bond donors (Lipinski definition) is 1. The third-order valence-corrected chi connectivity index (χ3v) is 3.34. The van der Waals surface area contributed by atoms with E-state index in [1.165, 1.54) is 16.3 Å². The number of thiocarbonyl (C=S) groups is 1. The van der Waals surface area contributed by atoms with E-state index in [0.29, 0.717) is 17.4 Å². The van der Waals surface area contributed by atoms with Crippen molar-refractivity contribution in [2.75, 3.05) is 0 Å². The van der Waals surface area contributed by atoms with Gasteiger partial charge in [0.05, 0.1) is 0 Å². The zero-order chi connectivity index (χ0) is 13.2. The summed E-state index contributed by atoms with van der Waals surface area (Å²) < 4.78 is 1.98. The SMILES string of the molecule is NC(=S)c1nccn1Cc1cccc2ccccc12. The van der Waals surface area contributed by atoms with Gasteiger partial charge < -0.3 is 10.3 Å². The predicted octanol–water partition coefficient (Wildman–Crippen LogP) is 2.72. The highest BCUT2D eigenvalue weighted by Crippen LogP contribution is 2.19. The Morgan fingerprint density at radius 3 is 2.79 bits per heavy atom. The highest BCUT2D eigenvalue weighted by molar-refractivity contribution is 7.80. The molecule has 0 atom stereocenters. The molecule has 0 fully saturated rings. The van der Waals surface area contributed by atoms with E-state index in [-0.39, 0.29) is 0 Å². The zero-order valence-corrected chi connectivity index (χ0v) is 11.1. The van der Waals surface area contributed by atoms with Gasteiger partial charge in [0.1, 0.15) is 4.99 Å². The lowest BCUT2D eigenvalue weighted by Gasteiger charge is -2.09. The molecule has 0 spiro atoms. The Kier molecular flexibility index (Phi) is 3.01. The van der Waals surface area contributed by atoms with E-state index in [2.05, 4.69) is 35.3 Å². The van der Waals surface area contributed by atoms with Crippen LogP contribution in [-0.4, -0.2) is 14.5 Å². The molecule has 0 saturated carbocycles. The van der Waals surface area contributed by atoms with E-state index in [9.17, 15) is 0 Å². The van der Waals surface area contributed by atoms with Crippen LogP contribution in [0.1, 0.15) is 11.4 Å².